The molecule has 0 aliphatic carbocycles. The van der Waals surface area contributed by atoms with Crippen LogP contribution in [0, 0.1) is 11.8 Å². The van der Waals surface area contributed by atoms with Crippen LogP contribution in [0.2, 0.25) is 0 Å². The van der Waals surface area contributed by atoms with Crippen molar-refractivity contribution in [3.8, 4) is 0 Å². The zero-order chi connectivity index (χ0) is 22.4. The van der Waals surface area contributed by atoms with E-state index in [1.807, 2.05) is 0 Å². The molecule has 0 saturated carbocycles. The Hall–Kier alpha value is -2.22. The first kappa shape index (κ1) is 23.4. The van der Waals surface area contributed by atoms with Crippen LogP contribution in [0.15, 0.2) is 53.4 Å². The van der Waals surface area contributed by atoms with Crippen LogP contribution in [0.4, 0.5) is 0 Å². The summed E-state index contributed by atoms with van der Waals surface area (Å²) in [5.74, 6) is 1.26. The highest BCUT2D eigenvalue weighted by Crippen LogP contribution is 2.22. The highest BCUT2D eigenvalue weighted by atomic mass is 32.2. The van der Waals surface area contributed by atoms with Gasteiger partial charge in [-0.15, -0.1) is 0 Å². The number of hydrogen-bond acceptors (Lipinski definition) is 4. The first-order valence-corrected chi connectivity index (χ1v) is 12.4. The van der Waals surface area contributed by atoms with Crippen molar-refractivity contribution in [2.45, 2.75) is 45.2 Å². The Morgan fingerprint density at radius 3 is 2.13 bits per heavy atom. The van der Waals surface area contributed by atoms with E-state index in [4.69, 9.17) is 0 Å². The van der Waals surface area contributed by atoms with Gasteiger partial charge in [0.25, 0.3) is 5.91 Å². The number of carbonyl (C=O) groups is 1. The molecule has 2 aromatic carbocycles. The average molecular weight is 444 g/mol. The molecule has 0 spiro atoms. The number of sulfonamides is 1. The van der Waals surface area contributed by atoms with Gasteiger partial charge in [-0.1, -0.05) is 45.0 Å². The van der Waals surface area contributed by atoms with E-state index in [1.165, 1.54) is 36.2 Å². The number of piperidine rings is 1. The Kier molecular flexibility index (Phi) is 7.86. The smallest absolute Gasteiger partial charge is 0.251 e. The highest BCUT2D eigenvalue weighted by Gasteiger charge is 2.21. The Bertz CT molecular complexity index is 962. The molecule has 3 rings (SSSR count). The van der Waals surface area contributed by atoms with Crippen LogP contribution in [0.25, 0.3) is 0 Å². The molecule has 1 fully saturated rings. The zero-order valence-corrected chi connectivity index (χ0v) is 19.4. The first-order chi connectivity index (χ1) is 14.8. The average Bonchev–Trinajstić information content (AvgIpc) is 2.72. The normalized spacial score (nSPS) is 19.8. The fourth-order valence-corrected chi connectivity index (χ4v) is 5.33. The van der Waals surface area contributed by atoms with Gasteiger partial charge in [-0.25, -0.2) is 13.1 Å². The maximum absolute atomic E-state index is 12.4. The molecule has 2 atom stereocenters. The minimum Gasteiger partial charge on any atom is -0.348 e. The van der Waals surface area contributed by atoms with Crippen molar-refractivity contribution in [1.82, 2.24) is 14.9 Å². The van der Waals surface area contributed by atoms with E-state index in [2.05, 4.69) is 53.1 Å². The van der Waals surface area contributed by atoms with Crippen LogP contribution in [0.5, 0.6) is 0 Å². The van der Waals surface area contributed by atoms with Gasteiger partial charge >= 0.3 is 0 Å². The SMILES string of the molecule is CCNS(=O)(=O)c1ccc(C(=O)NCc2ccc(CN3CC(C)CC(C)C3)cc2)cc1. The van der Waals surface area contributed by atoms with Gasteiger partial charge in [-0.05, 0) is 53.6 Å². The minimum absolute atomic E-state index is 0.152. The lowest BCUT2D eigenvalue weighted by molar-refractivity contribution is 0.0951. The minimum atomic E-state index is -3.51. The fourth-order valence-electron chi connectivity index (χ4n) is 4.29. The molecule has 7 heteroatoms. The number of nitrogens with one attached hydrogen (secondary N) is 2. The molecule has 0 bridgehead atoms. The summed E-state index contributed by atoms with van der Waals surface area (Å²) in [5.41, 5.74) is 2.75. The van der Waals surface area contributed by atoms with E-state index >= 15 is 0 Å². The van der Waals surface area contributed by atoms with Gasteiger partial charge in [-0.3, -0.25) is 9.69 Å². The molecule has 1 heterocycles. The van der Waals surface area contributed by atoms with Crippen molar-refractivity contribution < 1.29 is 13.2 Å². The summed E-state index contributed by atoms with van der Waals surface area (Å²) >= 11 is 0. The topological polar surface area (TPSA) is 78.5 Å². The first-order valence-electron chi connectivity index (χ1n) is 10.9. The predicted octanol–water partition coefficient (Wildman–Crippen LogP) is 3.39. The van der Waals surface area contributed by atoms with Crippen LogP contribution in [0.1, 0.15) is 48.7 Å². The number of nitrogens with zero attached hydrogens (tertiary/aromatic N) is 1. The zero-order valence-electron chi connectivity index (χ0n) is 18.6. The van der Waals surface area contributed by atoms with E-state index in [0.717, 1.165) is 37.0 Å². The Morgan fingerprint density at radius 1 is 0.968 bits per heavy atom. The van der Waals surface area contributed by atoms with Crippen molar-refractivity contribution in [2.75, 3.05) is 19.6 Å². The van der Waals surface area contributed by atoms with E-state index in [-0.39, 0.29) is 10.8 Å². The quantitative estimate of drug-likeness (QED) is 0.656. The van der Waals surface area contributed by atoms with Gasteiger partial charge in [0, 0.05) is 38.3 Å². The third kappa shape index (κ3) is 6.63. The largest absolute Gasteiger partial charge is 0.348 e. The molecule has 1 aliphatic rings. The van der Waals surface area contributed by atoms with Crippen molar-refractivity contribution in [3.63, 3.8) is 0 Å². The monoisotopic (exact) mass is 443 g/mol. The molecule has 0 aromatic heterocycles. The molecule has 6 nitrogen and oxygen atoms in total. The molecule has 2 unspecified atom stereocenters. The van der Waals surface area contributed by atoms with Crippen molar-refractivity contribution >= 4 is 15.9 Å². The van der Waals surface area contributed by atoms with E-state index < -0.39 is 10.0 Å². The maximum atomic E-state index is 12.4. The summed E-state index contributed by atoms with van der Waals surface area (Å²) in [5, 5.41) is 2.90. The third-order valence-corrected chi connectivity index (χ3v) is 7.15. The summed E-state index contributed by atoms with van der Waals surface area (Å²) in [4.78, 5) is 15.1. The van der Waals surface area contributed by atoms with Crippen molar-refractivity contribution in [3.05, 3.63) is 65.2 Å². The molecule has 1 saturated heterocycles. The van der Waals surface area contributed by atoms with Gasteiger partial charge in [0.2, 0.25) is 10.0 Å². The molecule has 2 N–H and O–H groups in total. The van der Waals surface area contributed by atoms with Gasteiger partial charge in [0.15, 0.2) is 0 Å². The van der Waals surface area contributed by atoms with Crippen LogP contribution in [0.3, 0.4) is 0 Å². The van der Waals surface area contributed by atoms with Crippen molar-refractivity contribution in [1.29, 1.82) is 0 Å². The molecular weight excluding hydrogens is 410 g/mol. The van der Waals surface area contributed by atoms with E-state index in [9.17, 15) is 13.2 Å². The fraction of sp³-hybridized carbons (Fsp3) is 0.458. The summed E-state index contributed by atoms with van der Waals surface area (Å²) in [7, 11) is -3.51. The lowest BCUT2D eigenvalue weighted by Crippen LogP contribution is -2.38. The van der Waals surface area contributed by atoms with Crippen LogP contribution >= 0.6 is 0 Å². The van der Waals surface area contributed by atoms with Gasteiger partial charge in [0.1, 0.15) is 0 Å². The second kappa shape index (κ2) is 10.4. The lowest BCUT2D eigenvalue weighted by Gasteiger charge is -2.35. The molecule has 2 aromatic rings. The van der Waals surface area contributed by atoms with E-state index in [1.54, 1.807) is 6.92 Å². The number of carbonyl (C=O) groups excluding carboxylic acids is 1. The summed E-state index contributed by atoms with van der Waals surface area (Å²) in [6.07, 6.45) is 1.31. The standard InChI is InChI=1S/C24H33N3O3S/c1-4-26-31(29,30)23-11-9-22(10-12-23)24(28)25-14-20-5-7-21(8-6-20)17-27-15-18(2)13-19(3)16-27/h5-12,18-19,26H,4,13-17H2,1-3H3,(H,25,28). The number of rotatable bonds is 8. The van der Waals surface area contributed by atoms with Crippen molar-refractivity contribution in [2.24, 2.45) is 11.8 Å². The van der Waals surface area contributed by atoms with Crippen LogP contribution < -0.4 is 10.0 Å². The molecule has 1 aliphatic heterocycles. The van der Waals surface area contributed by atoms with E-state index in [0.29, 0.717) is 18.7 Å². The van der Waals surface area contributed by atoms with Crippen LogP contribution in [-0.2, 0) is 23.1 Å². The summed E-state index contributed by atoms with van der Waals surface area (Å²) in [6.45, 7) is 10.4. The lowest BCUT2D eigenvalue weighted by atomic mass is 9.91. The molecule has 1 amide bonds. The third-order valence-electron chi connectivity index (χ3n) is 5.59. The predicted molar refractivity (Wildman–Crippen MR) is 123 cm³/mol. The van der Waals surface area contributed by atoms with Crippen LogP contribution in [-0.4, -0.2) is 38.9 Å². The molecule has 31 heavy (non-hydrogen) atoms. The van der Waals surface area contributed by atoms with Gasteiger partial charge < -0.3 is 5.32 Å². The number of hydrogen-bond donors (Lipinski definition) is 2. The molecular formula is C24H33N3O3S. The molecule has 168 valence electrons. The number of amides is 1. The number of benzene rings is 2. The van der Waals surface area contributed by atoms with Gasteiger partial charge in [0.05, 0.1) is 4.90 Å². The Balaban J connectivity index is 1.52. The Morgan fingerprint density at radius 2 is 1.55 bits per heavy atom. The number of likely N-dealkylation sites (tertiary alicyclic amines) is 1. The summed E-state index contributed by atoms with van der Waals surface area (Å²) < 4.78 is 26.4. The highest BCUT2D eigenvalue weighted by molar-refractivity contribution is 7.89. The summed E-state index contributed by atoms with van der Waals surface area (Å²) in [6, 6.07) is 14.3. The van der Waals surface area contributed by atoms with Gasteiger partial charge in [-0.2, -0.15) is 0 Å². The Labute approximate surface area is 186 Å². The maximum Gasteiger partial charge on any atom is 0.251 e. The second-order valence-corrected chi connectivity index (χ2v) is 10.4. The molecule has 0 radical (unpaired) electrons. The second-order valence-electron chi connectivity index (χ2n) is 8.67.